The monoisotopic (exact) mass is 560 g/mol. The Morgan fingerprint density at radius 3 is 2.67 bits per heavy atom. The number of likely N-dealkylation sites (N-methyl/N-ethyl adjacent to an activating group) is 1. The van der Waals surface area contributed by atoms with E-state index in [-0.39, 0.29) is 35.2 Å². The third-order valence-corrected chi connectivity index (χ3v) is 8.91. The van der Waals surface area contributed by atoms with Crippen LogP contribution in [0.15, 0.2) is 47.4 Å². The number of fused-ring (bicyclic) bond motifs is 1. The predicted molar refractivity (Wildman–Crippen MR) is 150 cm³/mol. The zero-order chi connectivity index (χ0) is 28.0. The van der Waals surface area contributed by atoms with Gasteiger partial charge in [-0.15, -0.1) is 0 Å². The van der Waals surface area contributed by atoms with Gasteiger partial charge in [0.1, 0.15) is 16.4 Å². The Morgan fingerprint density at radius 1 is 1.21 bits per heavy atom. The Kier molecular flexibility index (Phi) is 9.37. The molecule has 214 valence electrons. The lowest BCUT2D eigenvalue weighted by molar-refractivity contribution is 0.0243. The van der Waals surface area contributed by atoms with Crippen molar-refractivity contribution in [1.29, 1.82) is 0 Å². The number of carbonyl (C=O) groups is 1. The third kappa shape index (κ3) is 7.21. The maximum atomic E-state index is 13.3. The van der Waals surface area contributed by atoms with Crippen LogP contribution in [0.4, 0.5) is 4.79 Å². The molecule has 2 aliphatic heterocycles. The zero-order valence-corrected chi connectivity index (χ0v) is 23.8. The van der Waals surface area contributed by atoms with E-state index >= 15 is 0 Å². The van der Waals surface area contributed by atoms with Crippen molar-refractivity contribution in [2.24, 2.45) is 5.41 Å². The van der Waals surface area contributed by atoms with Gasteiger partial charge in [-0.2, -0.15) is 0 Å². The van der Waals surface area contributed by atoms with Crippen LogP contribution in [0.3, 0.4) is 0 Å². The molecule has 1 saturated heterocycles. The van der Waals surface area contributed by atoms with Crippen molar-refractivity contribution in [3.05, 3.63) is 42.5 Å². The van der Waals surface area contributed by atoms with E-state index in [2.05, 4.69) is 10.0 Å². The summed E-state index contributed by atoms with van der Waals surface area (Å²) in [5, 5.41) is 13.5. The molecule has 10 nitrogen and oxygen atoms in total. The molecule has 2 heterocycles. The molecule has 39 heavy (non-hydrogen) atoms. The molecule has 0 saturated carbocycles. The quantitative estimate of drug-likeness (QED) is 0.526. The number of likely N-dealkylation sites (tertiary alicyclic amines) is 1. The van der Waals surface area contributed by atoms with Crippen molar-refractivity contribution in [1.82, 2.24) is 19.8 Å². The first kappa shape index (κ1) is 29.1. The lowest BCUT2D eigenvalue weighted by Crippen LogP contribution is -2.53. The molecule has 2 amide bonds. The number of hydrogen-bond donors (Lipinski definition) is 3. The number of nitrogens with one attached hydrogen (secondary N) is 2. The van der Waals surface area contributed by atoms with Gasteiger partial charge in [0, 0.05) is 44.7 Å². The van der Waals surface area contributed by atoms with Gasteiger partial charge in [-0.05, 0) is 61.7 Å². The van der Waals surface area contributed by atoms with Gasteiger partial charge in [-0.3, -0.25) is 0 Å². The van der Waals surface area contributed by atoms with Crippen LogP contribution in [-0.2, 0) is 10.0 Å². The highest BCUT2D eigenvalue weighted by atomic mass is 32.2. The fourth-order valence-electron chi connectivity index (χ4n) is 5.28. The number of aliphatic hydroxyl groups excluding tert-OH is 1. The average molecular weight is 561 g/mol. The van der Waals surface area contributed by atoms with Crippen LogP contribution < -0.4 is 19.5 Å². The lowest BCUT2D eigenvalue weighted by Gasteiger charge is -2.44. The van der Waals surface area contributed by atoms with E-state index < -0.39 is 16.1 Å². The van der Waals surface area contributed by atoms with Crippen molar-refractivity contribution >= 4 is 16.1 Å². The number of rotatable bonds is 4. The van der Waals surface area contributed by atoms with Crippen LogP contribution >= 0.6 is 0 Å². The Bertz CT molecular complexity index is 1250. The smallest absolute Gasteiger partial charge is 0.317 e. The maximum Gasteiger partial charge on any atom is 0.317 e. The minimum Gasteiger partial charge on any atom is -0.497 e. The molecular formula is C28H40N4O6S. The Labute approximate surface area is 231 Å². The van der Waals surface area contributed by atoms with E-state index in [4.69, 9.17) is 9.47 Å². The number of aliphatic hydroxyl groups is 1. The second kappa shape index (κ2) is 12.5. The molecule has 1 fully saturated rings. The SMILES string of the molecule is CCCNC(=O)N1CCC2(CC1)COc1cc(-c3cccc(OC)c3)ccc1S(=O)(=O)NCC(O)CN(C)C2. The van der Waals surface area contributed by atoms with Crippen molar-refractivity contribution < 1.29 is 27.8 Å². The molecule has 0 aromatic heterocycles. The number of sulfonamides is 1. The van der Waals surface area contributed by atoms with E-state index in [1.54, 1.807) is 25.3 Å². The number of methoxy groups -OCH3 is 1. The van der Waals surface area contributed by atoms with Gasteiger partial charge in [0.2, 0.25) is 10.0 Å². The van der Waals surface area contributed by atoms with E-state index in [0.717, 1.165) is 17.5 Å². The fraction of sp³-hybridized carbons (Fsp3) is 0.536. The number of β-amino-alcohol motifs (C(OH)–C–C–N with tert-alkyl or cyclic N) is 1. The maximum absolute atomic E-state index is 13.3. The number of amides is 2. The summed E-state index contributed by atoms with van der Waals surface area (Å²) >= 11 is 0. The molecule has 0 bridgehead atoms. The molecule has 2 aromatic rings. The number of hydrogen-bond acceptors (Lipinski definition) is 7. The number of benzene rings is 2. The number of carbonyl (C=O) groups excluding carboxylic acids is 1. The molecule has 4 rings (SSSR count). The highest BCUT2D eigenvalue weighted by Crippen LogP contribution is 2.37. The summed E-state index contributed by atoms with van der Waals surface area (Å²) in [6.45, 7) is 4.94. The number of nitrogens with zero attached hydrogens (tertiary/aromatic N) is 2. The van der Waals surface area contributed by atoms with Crippen LogP contribution in [0.2, 0.25) is 0 Å². The van der Waals surface area contributed by atoms with Gasteiger partial charge >= 0.3 is 6.03 Å². The summed E-state index contributed by atoms with van der Waals surface area (Å²) in [4.78, 5) is 16.4. The van der Waals surface area contributed by atoms with E-state index in [1.165, 1.54) is 0 Å². The van der Waals surface area contributed by atoms with Gasteiger partial charge in [0.05, 0.1) is 19.8 Å². The third-order valence-electron chi connectivity index (χ3n) is 7.44. The first-order valence-corrected chi connectivity index (χ1v) is 14.9. The van der Waals surface area contributed by atoms with Crippen molar-refractivity contribution in [2.75, 3.05) is 60.0 Å². The van der Waals surface area contributed by atoms with Crippen LogP contribution in [0.1, 0.15) is 26.2 Å². The summed E-state index contributed by atoms with van der Waals surface area (Å²) < 4.78 is 40.8. The minimum atomic E-state index is -3.94. The van der Waals surface area contributed by atoms with Gasteiger partial charge in [-0.1, -0.05) is 25.1 Å². The molecular weight excluding hydrogens is 520 g/mol. The molecule has 2 aliphatic rings. The van der Waals surface area contributed by atoms with Crippen molar-refractivity contribution in [2.45, 2.75) is 37.2 Å². The predicted octanol–water partition coefficient (Wildman–Crippen LogP) is 2.53. The second-order valence-corrected chi connectivity index (χ2v) is 12.3. The zero-order valence-electron chi connectivity index (χ0n) is 23.0. The second-order valence-electron chi connectivity index (χ2n) is 10.6. The Balaban J connectivity index is 1.66. The summed E-state index contributed by atoms with van der Waals surface area (Å²) in [6, 6.07) is 12.5. The van der Waals surface area contributed by atoms with Gasteiger partial charge in [0.25, 0.3) is 0 Å². The first-order valence-electron chi connectivity index (χ1n) is 13.4. The minimum absolute atomic E-state index is 0.0294. The molecule has 2 aromatic carbocycles. The molecule has 1 unspecified atom stereocenters. The summed E-state index contributed by atoms with van der Waals surface area (Å²) in [5.74, 6) is 0.948. The van der Waals surface area contributed by atoms with Crippen LogP contribution in [0, 0.1) is 5.41 Å². The van der Waals surface area contributed by atoms with E-state index in [9.17, 15) is 18.3 Å². The molecule has 1 spiro atoms. The number of piperidine rings is 1. The first-order chi connectivity index (χ1) is 18.6. The van der Waals surface area contributed by atoms with Crippen molar-refractivity contribution in [3.63, 3.8) is 0 Å². The Morgan fingerprint density at radius 2 is 1.95 bits per heavy atom. The standard InChI is InChI=1S/C28H40N4O6S/c1-4-12-29-27(34)32-13-10-28(11-14-32)19-31(2)18-23(33)17-30-39(35,36)26-9-8-22(16-25(26)38-20-28)21-6-5-7-24(15-21)37-3/h5-9,15-16,23,30,33H,4,10-14,17-20H2,1-3H3,(H,29,34). The fourth-order valence-corrected chi connectivity index (χ4v) is 6.47. The molecule has 0 aliphatic carbocycles. The van der Waals surface area contributed by atoms with Crippen molar-refractivity contribution in [3.8, 4) is 22.6 Å². The summed E-state index contributed by atoms with van der Waals surface area (Å²) in [5.41, 5.74) is 1.34. The van der Waals surface area contributed by atoms with E-state index in [0.29, 0.717) is 51.3 Å². The Hall–Kier alpha value is -2.86. The van der Waals surface area contributed by atoms with Gasteiger partial charge in [0.15, 0.2) is 0 Å². The normalized spacial score (nSPS) is 21.6. The number of urea groups is 1. The lowest BCUT2D eigenvalue weighted by atomic mass is 9.78. The average Bonchev–Trinajstić information content (AvgIpc) is 2.93. The van der Waals surface area contributed by atoms with Gasteiger partial charge in [-0.25, -0.2) is 17.9 Å². The topological polar surface area (TPSA) is 120 Å². The van der Waals surface area contributed by atoms with Crippen LogP contribution in [-0.4, -0.2) is 95.5 Å². The highest BCUT2D eigenvalue weighted by molar-refractivity contribution is 7.89. The summed E-state index contributed by atoms with van der Waals surface area (Å²) in [6.07, 6.45) is 1.40. The molecule has 0 radical (unpaired) electrons. The number of ether oxygens (including phenoxy) is 2. The largest absolute Gasteiger partial charge is 0.497 e. The highest BCUT2D eigenvalue weighted by Gasteiger charge is 2.39. The molecule has 3 N–H and O–H groups in total. The van der Waals surface area contributed by atoms with Crippen LogP contribution in [0.25, 0.3) is 11.1 Å². The summed E-state index contributed by atoms with van der Waals surface area (Å²) in [7, 11) is -0.425. The van der Waals surface area contributed by atoms with Crippen LogP contribution in [0.5, 0.6) is 11.5 Å². The molecule has 11 heteroatoms. The van der Waals surface area contributed by atoms with Gasteiger partial charge < -0.3 is 29.7 Å². The molecule has 1 atom stereocenters. The van der Waals surface area contributed by atoms with E-state index in [1.807, 2.05) is 48.0 Å².